The minimum Gasteiger partial charge on any atom is -0.396 e. The molecule has 0 bridgehead atoms. The van der Waals surface area contributed by atoms with Crippen LogP contribution in [0.2, 0.25) is 0 Å². The van der Waals surface area contributed by atoms with Crippen molar-refractivity contribution in [2.24, 2.45) is 5.92 Å². The van der Waals surface area contributed by atoms with Crippen molar-refractivity contribution in [2.75, 3.05) is 18.5 Å². The maximum Gasteiger partial charge on any atom is 0.0575 e. The van der Waals surface area contributed by atoms with Crippen LogP contribution in [0.5, 0.6) is 0 Å². The maximum atomic E-state index is 9.01. The van der Waals surface area contributed by atoms with Crippen LogP contribution in [0, 0.1) is 5.92 Å². The molecule has 0 amide bonds. The van der Waals surface area contributed by atoms with Crippen molar-refractivity contribution in [2.45, 2.75) is 76.7 Å². The van der Waals surface area contributed by atoms with Gasteiger partial charge in [-0.3, -0.25) is 0 Å². The summed E-state index contributed by atoms with van der Waals surface area (Å²) in [5.41, 5.74) is 0. The van der Waals surface area contributed by atoms with E-state index in [1.54, 1.807) is 0 Å². The molecule has 1 fully saturated rings. The van der Waals surface area contributed by atoms with E-state index >= 15 is 0 Å². The predicted molar refractivity (Wildman–Crippen MR) is 84.9 cm³/mol. The van der Waals surface area contributed by atoms with Gasteiger partial charge in [0.15, 0.2) is 0 Å². The van der Waals surface area contributed by atoms with E-state index in [4.69, 9.17) is 9.84 Å². The quantitative estimate of drug-likeness (QED) is 0.490. The summed E-state index contributed by atoms with van der Waals surface area (Å²) in [6.45, 7) is 1.31. The lowest BCUT2D eigenvalue weighted by Gasteiger charge is -2.24. The molecule has 1 N–H and O–H groups in total. The predicted octanol–water partition coefficient (Wildman–Crippen LogP) is 4.68. The van der Waals surface area contributed by atoms with E-state index in [0.29, 0.717) is 12.7 Å². The van der Waals surface area contributed by atoms with Crippen molar-refractivity contribution in [3.05, 3.63) is 0 Å². The Balaban J connectivity index is 2.02. The molecular formula is C16H31BrO2. The summed E-state index contributed by atoms with van der Waals surface area (Å²) < 4.78 is 6.03. The second-order valence-electron chi connectivity index (χ2n) is 5.84. The van der Waals surface area contributed by atoms with E-state index < -0.39 is 0 Å². The van der Waals surface area contributed by atoms with Gasteiger partial charge in [-0.2, -0.15) is 0 Å². The van der Waals surface area contributed by atoms with E-state index in [9.17, 15) is 0 Å². The summed E-state index contributed by atoms with van der Waals surface area (Å²) in [7, 11) is 0. The third-order valence-electron chi connectivity index (χ3n) is 4.20. The van der Waals surface area contributed by atoms with E-state index in [1.807, 2.05) is 0 Å². The molecule has 3 heteroatoms. The molecule has 114 valence electrons. The highest BCUT2D eigenvalue weighted by Crippen LogP contribution is 2.26. The fourth-order valence-electron chi connectivity index (χ4n) is 3.00. The Hall–Kier alpha value is 0.400. The van der Waals surface area contributed by atoms with Crippen LogP contribution in [-0.4, -0.2) is 29.8 Å². The average Bonchev–Trinajstić information content (AvgIpc) is 2.38. The molecule has 0 saturated heterocycles. The minimum atomic E-state index is 0.360. The van der Waals surface area contributed by atoms with Gasteiger partial charge in [0, 0.05) is 18.5 Å². The van der Waals surface area contributed by atoms with Gasteiger partial charge in [-0.15, -0.1) is 0 Å². The zero-order valence-corrected chi connectivity index (χ0v) is 13.9. The van der Waals surface area contributed by atoms with Crippen LogP contribution >= 0.6 is 15.9 Å². The van der Waals surface area contributed by atoms with Crippen LogP contribution < -0.4 is 0 Å². The second kappa shape index (κ2) is 12.2. The second-order valence-corrected chi connectivity index (χ2v) is 6.63. The van der Waals surface area contributed by atoms with Crippen LogP contribution in [0.25, 0.3) is 0 Å². The number of alkyl halides is 1. The fourth-order valence-corrected chi connectivity index (χ4v) is 3.39. The van der Waals surface area contributed by atoms with Crippen LogP contribution in [0.4, 0.5) is 0 Å². The molecule has 1 rings (SSSR count). The van der Waals surface area contributed by atoms with E-state index in [2.05, 4.69) is 15.9 Å². The third-order valence-corrected chi connectivity index (χ3v) is 4.76. The van der Waals surface area contributed by atoms with E-state index in [1.165, 1.54) is 64.2 Å². The first-order valence-corrected chi connectivity index (χ1v) is 9.27. The highest BCUT2D eigenvalue weighted by molar-refractivity contribution is 9.09. The van der Waals surface area contributed by atoms with Gasteiger partial charge >= 0.3 is 0 Å². The largest absolute Gasteiger partial charge is 0.396 e. The van der Waals surface area contributed by atoms with Gasteiger partial charge in [0.2, 0.25) is 0 Å². The van der Waals surface area contributed by atoms with Gasteiger partial charge in [0.1, 0.15) is 0 Å². The first-order valence-electron chi connectivity index (χ1n) is 8.15. The summed E-state index contributed by atoms with van der Waals surface area (Å²) >= 11 is 3.47. The zero-order valence-electron chi connectivity index (χ0n) is 12.3. The molecule has 0 aromatic carbocycles. The number of ether oxygens (including phenoxy) is 1. The van der Waals surface area contributed by atoms with Crippen molar-refractivity contribution in [3.8, 4) is 0 Å². The molecule has 0 spiro atoms. The summed E-state index contributed by atoms with van der Waals surface area (Å²) in [5, 5.41) is 10.1. The van der Waals surface area contributed by atoms with Gasteiger partial charge in [0.05, 0.1) is 6.10 Å². The molecule has 0 atom stereocenters. The molecule has 0 radical (unpaired) electrons. The van der Waals surface area contributed by atoms with Crippen molar-refractivity contribution in [1.82, 2.24) is 0 Å². The number of hydrogen-bond donors (Lipinski definition) is 1. The standard InChI is InChI=1S/C16H31BrO2/c17-12-3-1-2-4-14-19-16-9-5-7-15(11-13-18)8-6-10-16/h15-16,18H,1-14H2. The van der Waals surface area contributed by atoms with Crippen molar-refractivity contribution in [3.63, 3.8) is 0 Å². The zero-order chi connectivity index (χ0) is 13.8. The summed E-state index contributed by atoms with van der Waals surface area (Å²) in [6.07, 6.45) is 14.2. The average molecular weight is 335 g/mol. The SMILES string of the molecule is OCCC1CCCC(OCCCCCCBr)CCC1. The molecular weight excluding hydrogens is 304 g/mol. The van der Waals surface area contributed by atoms with Crippen LogP contribution in [0.3, 0.4) is 0 Å². The highest BCUT2D eigenvalue weighted by Gasteiger charge is 2.16. The Morgan fingerprint density at radius 2 is 1.63 bits per heavy atom. The van der Waals surface area contributed by atoms with Crippen LogP contribution in [0.1, 0.15) is 70.6 Å². The van der Waals surface area contributed by atoms with Crippen molar-refractivity contribution < 1.29 is 9.84 Å². The lowest BCUT2D eigenvalue weighted by Crippen LogP contribution is -2.18. The first kappa shape index (κ1) is 17.5. The molecule has 2 nitrogen and oxygen atoms in total. The normalized spacial score (nSPS) is 24.9. The smallest absolute Gasteiger partial charge is 0.0575 e. The van der Waals surface area contributed by atoms with E-state index in [-0.39, 0.29) is 0 Å². The van der Waals surface area contributed by atoms with E-state index in [0.717, 1.165) is 24.3 Å². The first-order chi connectivity index (χ1) is 9.36. The van der Waals surface area contributed by atoms with Gasteiger partial charge in [0.25, 0.3) is 0 Å². The number of aliphatic hydroxyl groups excluding tert-OH is 1. The Morgan fingerprint density at radius 3 is 2.26 bits per heavy atom. The number of halogens is 1. The third kappa shape index (κ3) is 9.04. The number of hydrogen-bond acceptors (Lipinski definition) is 2. The molecule has 0 aromatic heterocycles. The van der Waals surface area contributed by atoms with Crippen molar-refractivity contribution in [1.29, 1.82) is 0 Å². The Bertz CT molecular complexity index is 189. The fraction of sp³-hybridized carbons (Fsp3) is 1.00. The molecule has 0 heterocycles. The minimum absolute atomic E-state index is 0.360. The molecule has 1 aliphatic carbocycles. The topological polar surface area (TPSA) is 29.5 Å². The number of rotatable bonds is 9. The number of unbranched alkanes of at least 4 members (excludes halogenated alkanes) is 3. The summed E-state index contributed by atoms with van der Waals surface area (Å²) in [6, 6.07) is 0. The Kier molecular flexibility index (Phi) is 11.2. The molecule has 0 unspecified atom stereocenters. The van der Waals surface area contributed by atoms with Gasteiger partial charge in [-0.05, 0) is 38.0 Å². The maximum absolute atomic E-state index is 9.01. The number of aliphatic hydroxyl groups is 1. The lowest BCUT2D eigenvalue weighted by atomic mass is 9.88. The van der Waals surface area contributed by atoms with Crippen molar-refractivity contribution >= 4 is 15.9 Å². The van der Waals surface area contributed by atoms with Crippen LogP contribution in [-0.2, 0) is 4.74 Å². The molecule has 19 heavy (non-hydrogen) atoms. The molecule has 0 aliphatic heterocycles. The lowest BCUT2D eigenvalue weighted by molar-refractivity contribution is 0.0296. The highest BCUT2D eigenvalue weighted by atomic mass is 79.9. The van der Waals surface area contributed by atoms with Gasteiger partial charge in [-0.1, -0.05) is 54.5 Å². The monoisotopic (exact) mass is 334 g/mol. The molecule has 0 aromatic rings. The van der Waals surface area contributed by atoms with Gasteiger partial charge < -0.3 is 9.84 Å². The van der Waals surface area contributed by atoms with Gasteiger partial charge in [-0.25, -0.2) is 0 Å². The summed E-state index contributed by atoms with van der Waals surface area (Å²) in [5.74, 6) is 0.759. The van der Waals surface area contributed by atoms with Crippen LogP contribution in [0.15, 0.2) is 0 Å². The summed E-state index contributed by atoms with van der Waals surface area (Å²) in [4.78, 5) is 0. The Labute approximate surface area is 127 Å². The molecule has 1 aliphatic rings. The molecule has 1 saturated carbocycles. The Morgan fingerprint density at radius 1 is 0.947 bits per heavy atom.